The van der Waals surface area contributed by atoms with Crippen LogP contribution in [0, 0.1) is 27.7 Å². The molecule has 0 aliphatic carbocycles. The lowest BCUT2D eigenvalue weighted by atomic mass is 9.85. The second-order valence-electron chi connectivity index (χ2n) is 6.40. The van der Waals surface area contributed by atoms with Crippen LogP contribution in [-0.4, -0.2) is 4.98 Å². The van der Waals surface area contributed by atoms with Crippen LogP contribution >= 0.6 is 0 Å². The molecule has 0 atom stereocenters. The van der Waals surface area contributed by atoms with Crippen LogP contribution < -0.4 is 0 Å². The Morgan fingerprint density at radius 3 is 2.00 bits per heavy atom. The first-order chi connectivity index (χ1) is 8.21. The Balaban J connectivity index is 2.97. The van der Waals surface area contributed by atoms with E-state index in [-0.39, 0.29) is 5.41 Å². The average Bonchev–Trinajstić information content (AvgIpc) is 2.25. The van der Waals surface area contributed by atoms with Gasteiger partial charge < -0.3 is 0 Å². The van der Waals surface area contributed by atoms with Gasteiger partial charge >= 0.3 is 0 Å². The predicted octanol–water partition coefficient (Wildman–Crippen LogP) is 4.77. The number of hydrogen-bond donors (Lipinski definition) is 0. The van der Waals surface area contributed by atoms with Crippen molar-refractivity contribution >= 4 is 10.8 Å². The molecule has 0 N–H and O–H groups in total. The molecule has 0 unspecified atom stereocenters. The van der Waals surface area contributed by atoms with Gasteiger partial charge in [0.25, 0.3) is 0 Å². The van der Waals surface area contributed by atoms with Crippen LogP contribution in [0.1, 0.15) is 48.8 Å². The number of hydrogen-bond acceptors (Lipinski definition) is 1. The number of aryl methyl sites for hydroxylation is 3. The minimum atomic E-state index is 0.0818. The zero-order valence-electron chi connectivity index (χ0n) is 12.6. The van der Waals surface area contributed by atoms with Crippen molar-refractivity contribution in [1.29, 1.82) is 0 Å². The molecule has 18 heavy (non-hydrogen) atoms. The van der Waals surface area contributed by atoms with Crippen molar-refractivity contribution in [3.8, 4) is 0 Å². The van der Waals surface area contributed by atoms with Crippen LogP contribution in [-0.2, 0) is 5.41 Å². The van der Waals surface area contributed by atoms with E-state index in [1.807, 2.05) is 0 Å². The first-order valence-corrected chi connectivity index (χ1v) is 6.60. The molecule has 0 fully saturated rings. The maximum absolute atomic E-state index is 4.78. The molecule has 0 aliphatic heterocycles. The van der Waals surface area contributed by atoms with Gasteiger partial charge in [0, 0.05) is 16.5 Å². The van der Waals surface area contributed by atoms with E-state index in [0.29, 0.717) is 0 Å². The first kappa shape index (κ1) is 13.1. The normalized spacial score (nSPS) is 12.2. The van der Waals surface area contributed by atoms with Crippen molar-refractivity contribution in [2.24, 2.45) is 0 Å². The smallest absolute Gasteiger partial charge is 0.0538 e. The standard InChI is InChI=1S/C17H23N/c1-10-8-15-14(13(4)12(10)3)9-11(2)18-16(15)17(5,6)7/h8-9H,1-7H3. The highest BCUT2D eigenvalue weighted by Crippen LogP contribution is 2.32. The molecule has 0 spiro atoms. The third-order valence-electron chi connectivity index (χ3n) is 3.82. The van der Waals surface area contributed by atoms with E-state index >= 15 is 0 Å². The van der Waals surface area contributed by atoms with E-state index in [1.54, 1.807) is 0 Å². The third-order valence-corrected chi connectivity index (χ3v) is 3.82. The highest BCUT2D eigenvalue weighted by Gasteiger charge is 2.20. The number of nitrogens with zero attached hydrogens (tertiary/aromatic N) is 1. The van der Waals surface area contributed by atoms with Crippen molar-refractivity contribution in [3.05, 3.63) is 40.2 Å². The summed E-state index contributed by atoms with van der Waals surface area (Å²) in [5.74, 6) is 0. The fourth-order valence-corrected chi connectivity index (χ4v) is 2.53. The van der Waals surface area contributed by atoms with Crippen LogP contribution in [0.5, 0.6) is 0 Å². The Hall–Kier alpha value is -1.37. The SMILES string of the molecule is Cc1cc2c(C)c(C)c(C)cc2c(C(C)(C)C)n1. The van der Waals surface area contributed by atoms with Gasteiger partial charge in [0.1, 0.15) is 0 Å². The van der Waals surface area contributed by atoms with Crippen molar-refractivity contribution in [1.82, 2.24) is 4.98 Å². The Labute approximate surface area is 110 Å². The molecular formula is C17H23N. The highest BCUT2D eigenvalue weighted by atomic mass is 14.7. The van der Waals surface area contributed by atoms with Crippen LogP contribution in [0.4, 0.5) is 0 Å². The van der Waals surface area contributed by atoms with E-state index in [0.717, 1.165) is 5.69 Å². The maximum atomic E-state index is 4.78. The molecule has 2 rings (SSSR count). The molecule has 1 heterocycles. The van der Waals surface area contributed by atoms with E-state index < -0.39 is 0 Å². The van der Waals surface area contributed by atoms with Crippen molar-refractivity contribution in [3.63, 3.8) is 0 Å². The van der Waals surface area contributed by atoms with Gasteiger partial charge in [-0.3, -0.25) is 4.98 Å². The highest BCUT2D eigenvalue weighted by molar-refractivity contribution is 5.90. The Kier molecular flexibility index (Phi) is 2.96. The van der Waals surface area contributed by atoms with Gasteiger partial charge in [-0.1, -0.05) is 20.8 Å². The van der Waals surface area contributed by atoms with Gasteiger partial charge in [0.15, 0.2) is 0 Å². The number of benzene rings is 1. The molecule has 0 saturated carbocycles. The molecule has 1 aromatic carbocycles. The van der Waals surface area contributed by atoms with Crippen molar-refractivity contribution in [2.45, 2.75) is 53.9 Å². The number of pyridine rings is 1. The van der Waals surface area contributed by atoms with Gasteiger partial charge in [-0.25, -0.2) is 0 Å². The maximum Gasteiger partial charge on any atom is 0.0538 e. The first-order valence-electron chi connectivity index (χ1n) is 6.60. The summed E-state index contributed by atoms with van der Waals surface area (Å²) < 4.78 is 0. The van der Waals surface area contributed by atoms with Crippen LogP contribution in [0.15, 0.2) is 12.1 Å². The molecule has 0 bridgehead atoms. The minimum Gasteiger partial charge on any atom is -0.257 e. The summed E-state index contributed by atoms with van der Waals surface area (Å²) in [4.78, 5) is 4.78. The molecule has 0 amide bonds. The fraction of sp³-hybridized carbons (Fsp3) is 0.471. The molecule has 1 nitrogen and oxygen atoms in total. The van der Waals surface area contributed by atoms with E-state index in [9.17, 15) is 0 Å². The molecule has 2 aromatic rings. The topological polar surface area (TPSA) is 12.9 Å². The molecule has 0 saturated heterocycles. The van der Waals surface area contributed by atoms with Gasteiger partial charge in [-0.05, 0) is 61.9 Å². The summed E-state index contributed by atoms with van der Waals surface area (Å²) in [5.41, 5.74) is 6.55. The molecule has 0 radical (unpaired) electrons. The predicted molar refractivity (Wildman–Crippen MR) is 79.4 cm³/mol. The summed E-state index contributed by atoms with van der Waals surface area (Å²) >= 11 is 0. The lowest BCUT2D eigenvalue weighted by Crippen LogP contribution is -2.15. The van der Waals surface area contributed by atoms with Gasteiger partial charge in [-0.2, -0.15) is 0 Å². The zero-order chi connectivity index (χ0) is 13.7. The molecule has 96 valence electrons. The summed E-state index contributed by atoms with van der Waals surface area (Å²) in [7, 11) is 0. The van der Waals surface area contributed by atoms with E-state index in [1.165, 1.54) is 33.2 Å². The van der Waals surface area contributed by atoms with E-state index in [2.05, 4.69) is 60.6 Å². The van der Waals surface area contributed by atoms with Crippen LogP contribution in [0.3, 0.4) is 0 Å². The number of rotatable bonds is 0. The summed E-state index contributed by atoms with van der Waals surface area (Å²) in [6.07, 6.45) is 0. The van der Waals surface area contributed by atoms with Crippen molar-refractivity contribution in [2.75, 3.05) is 0 Å². The Bertz CT molecular complexity index is 616. The van der Waals surface area contributed by atoms with Crippen LogP contribution in [0.25, 0.3) is 10.8 Å². The van der Waals surface area contributed by atoms with E-state index in [4.69, 9.17) is 4.98 Å². The molecule has 1 heteroatoms. The Morgan fingerprint density at radius 2 is 1.44 bits per heavy atom. The zero-order valence-corrected chi connectivity index (χ0v) is 12.6. The average molecular weight is 241 g/mol. The quantitative estimate of drug-likeness (QED) is 0.647. The lowest BCUT2D eigenvalue weighted by molar-refractivity contribution is 0.573. The second kappa shape index (κ2) is 4.08. The summed E-state index contributed by atoms with van der Waals surface area (Å²) in [6.45, 7) is 15.4. The second-order valence-corrected chi connectivity index (χ2v) is 6.40. The monoisotopic (exact) mass is 241 g/mol. The third kappa shape index (κ3) is 2.03. The largest absolute Gasteiger partial charge is 0.257 e. The summed E-state index contributed by atoms with van der Waals surface area (Å²) in [6, 6.07) is 4.51. The summed E-state index contributed by atoms with van der Waals surface area (Å²) in [5, 5.41) is 2.67. The van der Waals surface area contributed by atoms with Gasteiger partial charge in [-0.15, -0.1) is 0 Å². The minimum absolute atomic E-state index is 0.0818. The molecule has 0 aliphatic rings. The molecular weight excluding hydrogens is 218 g/mol. The van der Waals surface area contributed by atoms with Gasteiger partial charge in [0.05, 0.1) is 5.69 Å². The lowest BCUT2D eigenvalue weighted by Gasteiger charge is -2.22. The number of aromatic nitrogens is 1. The van der Waals surface area contributed by atoms with Crippen LogP contribution in [0.2, 0.25) is 0 Å². The molecule has 1 aromatic heterocycles. The van der Waals surface area contributed by atoms with Crippen molar-refractivity contribution < 1.29 is 0 Å². The van der Waals surface area contributed by atoms with Gasteiger partial charge in [0.2, 0.25) is 0 Å². The Morgan fingerprint density at radius 1 is 0.833 bits per heavy atom. The number of fused-ring (bicyclic) bond motifs is 1. The fourth-order valence-electron chi connectivity index (χ4n) is 2.53.